The van der Waals surface area contributed by atoms with E-state index < -0.39 is 5.92 Å². The van der Waals surface area contributed by atoms with Crippen LogP contribution in [-0.2, 0) is 16.0 Å². The van der Waals surface area contributed by atoms with E-state index >= 15 is 0 Å². The third-order valence-electron chi connectivity index (χ3n) is 6.08. The van der Waals surface area contributed by atoms with Crippen molar-refractivity contribution in [1.82, 2.24) is 5.32 Å². The van der Waals surface area contributed by atoms with E-state index in [0.29, 0.717) is 12.0 Å². The quantitative estimate of drug-likeness (QED) is 0.322. The Morgan fingerprint density at radius 2 is 1.72 bits per heavy atom. The number of benzene rings is 2. The van der Waals surface area contributed by atoms with Gasteiger partial charge in [0.25, 0.3) is 5.91 Å². The lowest BCUT2D eigenvalue weighted by molar-refractivity contribution is -0.143. The zero-order chi connectivity index (χ0) is 22.9. The van der Waals surface area contributed by atoms with Crippen LogP contribution in [0.2, 0.25) is 0 Å². The smallest absolute Gasteiger partial charge is 0.313 e. The van der Waals surface area contributed by atoms with Gasteiger partial charge < -0.3 is 14.8 Å². The van der Waals surface area contributed by atoms with Gasteiger partial charge in [0.1, 0.15) is 5.75 Å². The summed E-state index contributed by atoms with van der Waals surface area (Å²) in [5.74, 6) is -0.121. The first-order valence-electron chi connectivity index (χ1n) is 11.4. The molecule has 0 saturated carbocycles. The number of hydrogen-bond donors (Lipinski definition) is 1. The van der Waals surface area contributed by atoms with Gasteiger partial charge in [-0.2, -0.15) is 0 Å². The molecule has 0 radical (unpaired) electrons. The minimum absolute atomic E-state index is 0.0536. The van der Waals surface area contributed by atoms with Crippen LogP contribution < -0.4 is 10.1 Å². The van der Waals surface area contributed by atoms with E-state index in [-0.39, 0.29) is 23.8 Å². The summed E-state index contributed by atoms with van der Waals surface area (Å²) in [7, 11) is 3.02. The summed E-state index contributed by atoms with van der Waals surface area (Å²) >= 11 is 0. The number of allylic oxidation sites excluding steroid dienone is 1. The largest absolute Gasteiger partial charge is 0.497 e. The van der Waals surface area contributed by atoms with Crippen LogP contribution in [0.5, 0.6) is 5.75 Å². The predicted octanol–water partition coefficient (Wildman–Crippen LogP) is 5.06. The van der Waals surface area contributed by atoms with E-state index in [1.807, 2.05) is 60.7 Å². The molecule has 170 valence electrons. The second-order valence-corrected chi connectivity index (χ2v) is 8.29. The number of hydrogen-bond acceptors (Lipinski definition) is 4. The molecule has 5 nitrogen and oxygen atoms in total. The van der Waals surface area contributed by atoms with Crippen molar-refractivity contribution in [3.8, 4) is 5.75 Å². The van der Waals surface area contributed by atoms with Gasteiger partial charge >= 0.3 is 5.97 Å². The van der Waals surface area contributed by atoms with E-state index in [2.05, 4.69) is 12.2 Å². The molecule has 0 aliphatic heterocycles. The predicted molar refractivity (Wildman–Crippen MR) is 126 cm³/mol. The molecule has 32 heavy (non-hydrogen) atoms. The zero-order valence-electron chi connectivity index (χ0n) is 19.2. The SMILES string of the molecule is CCCCCc1ccc(C(=O)N[C@@H]2C=C[C@@H]([C@H](C(=O)OC)c3ccc(OC)cc3)C2)cc1. The van der Waals surface area contributed by atoms with Gasteiger partial charge in [-0.05, 0) is 60.6 Å². The highest BCUT2D eigenvalue weighted by Gasteiger charge is 2.34. The average Bonchev–Trinajstić information content (AvgIpc) is 3.27. The molecule has 2 aromatic rings. The zero-order valence-corrected chi connectivity index (χ0v) is 19.2. The van der Waals surface area contributed by atoms with Crippen molar-refractivity contribution in [2.45, 2.75) is 51.0 Å². The minimum atomic E-state index is -0.425. The Labute approximate surface area is 190 Å². The van der Waals surface area contributed by atoms with E-state index in [4.69, 9.17) is 9.47 Å². The Morgan fingerprint density at radius 1 is 1.00 bits per heavy atom. The Kier molecular flexibility index (Phi) is 8.48. The standard InChI is InChI=1S/C27H33NO4/c1-4-5-6-7-19-8-10-21(11-9-19)26(29)28-23-15-12-22(18-23)25(27(30)32-3)20-13-16-24(31-2)17-14-20/h8-17,22-23,25H,4-7,18H2,1-3H3,(H,28,29)/t22-,23-,25-/m1/s1. The van der Waals surface area contributed by atoms with Crippen molar-refractivity contribution in [1.29, 1.82) is 0 Å². The van der Waals surface area contributed by atoms with E-state index in [0.717, 1.165) is 17.7 Å². The molecule has 0 unspecified atom stereocenters. The number of unbranched alkanes of at least 4 members (excludes halogenated alkanes) is 2. The van der Waals surface area contributed by atoms with E-state index in [1.165, 1.54) is 31.9 Å². The van der Waals surface area contributed by atoms with Crippen LogP contribution >= 0.6 is 0 Å². The van der Waals surface area contributed by atoms with Gasteiger partial charge in [-0.1, -0.05) is 56.2 Å². The molecule has 3 atom stereocenters. The fourth-order valence-corrected chi connectivity index (χ4v) is 4.23. The first kappa shape index (κ1) is 23.6. The molecular weight excluding hydrogens is 402 g/mol. The third kappa shape index (κ3) is 6.00. The van der Waals surface area contributed by atoms with Crippen molar-refractivity contribution in [2.75, 3.05) is 14.2 Å². The number of rotatable bonds is 10. The molecule has 1 N–H and O–H groups in total. The van der Waals surface area contributed by atoms with Gasteiger partial charge in [0.15, 0.2) is 0 Å². The lowest BCUT2D eigenvalue weighted by Gasteiger charge is -2.22. The molecule has 0 fully saturated rings. The summed E-state index contributed by atoms with van der Waals surface area (Å²) in [6, 6.07) is 15.2. The number of aryl methyl sites for hydroxylation is 1. The van der Waals surface area contributed by atoms with Crippen LogP contribution in [0, 0.1) is 5.92 Å². The maximum atomic E-state index is 12.7. The van der Waals surface area contributed by atoms with Gasteiger partial charge in [-0.15, -0.1) is 0 Å². The van der Waals surface area contributed by atoms with Crippen LogP contribution in [0.4, 0.5) is 0 Å². The van der Waals surface area contributed by atoms with Crippen LogP contribution in [0.25, 0.3) is 0 Å². The summed E-state index contributed by atoms with van der Waals surface area (Å²) in [5, 5.41) is 3.08. The van der Waals surface area contributed by atoms with E-state index in [9.17, 15) is 9.59 Å². The highest BCUT2D eigenvalue weighted by atomic mass is 16.5. The maximum Gasteiger partial charge on any atom is 0.313 e. The summed E-state index contributed by atoms with van der Waals surface area (Å²) in [6.07, 6.45) is 9.27. The molecule has 0 heterocycles. The first-order valence-corrected chi connectivity index (χ1v) is 11.4. The molecule has 2 aromatic carbocycles. The number of carbonyl (C=O) groups is 2. The molecule has 1 aliphatic rings. The average molecular weight is 436 g/mol. The molecule has 3 rings (SSSR count). The molecule has 1 aliphatic carbocycles. The number of esters is 1. The summed E-state index contributed by atoms with van der Waals surface area (Å²) in [5.41, 5.74) is 2.79. The molecular formula is C27H33NO4. The molecule has 0 aromatic heterocycles. The van der Waals surface area contributed by atoms with Crippen LogP contribution in [0.15, 0.2) is 60.7 Å². The van der Waals surface area contributed by atoms with Crippen molar-refractivity contribution >= 4 is 11.9 Å². The highest BCUT2D eigenvalue weighted by Crippen LogP contribution is 2.35. The molecule has 0 saturated heterocycles. The number of carbonyl (C=O) groups excluding carboxylic acids is 2. The summed E-state index contributed by atoms with van der Waals surface area (Å²) < 4.78 is 10.3. The normalized spacial score (nSPS) is 18.2. The lowest BCUT2D eigenvalue weighted by atomic mass is 9.85. The second kappa shape index (κ2) is 11.5. The monoisotopic (exact) mass is 435 g/mol. The molecule has 0 spiro atoms. The number of nitrogens with one attached hydrogen (secondary N) is 1. The van der Waals surface area contributed by atoms with Crippen molar-refractivity contribution < 1.29 is 19.1 Å². The van der Waals surface area contributed by atoms with Crippen LogP contribution in [0.3, 0.4) is 0 Å². The lowest BCUT2D eigenvalue weighted by Crippen LogP contribution is -2.33. The molecule has 5 heteroatoms. The van der Waals surface area contributed by atoms with Gasteiger partial charge in [0.2, 0.25) is 0 Å². The minimum Gasteiger partial charge on any atom is -0.497 e. The van der Waals surface area contributed by atoms with Crippen molar-refractivity contribution in [3.05, 3.63) is 77.4 Å². The molecule has 0 bridgehead atoms. The number of ether oxygens (including phenoxy) is 2. The maximum absolute atomic E-state index is 12.7. The Bertz CT molecular complexity index is 918. The highest BCUT2D eigenvalue weighted by molar-refractivity contribution is 5.94. The summed E-state index contributed by atoms with van der Waals surface area (Å²) in [4.78, 5) is 25.3. The van der Waals surface area contributed by atoms with Crippen molar-refractivity contribution in [3.63, 3.8) is 0 Å². The second-order valence-electron chi connectivity index (χ2n) is 8.29. The van der Waals surface area contributed by atoms with Gasteiger partial charge in [-0.25, -0.2) is 0 Å². The fraction of sp³-hybridized carbons (Fsp3) is 0.407. The number of methoxy groups -OCH3 is 2. The third-order valence-corrected chi connectivity index (χ3v) is 6.08. The van der Waals surface area contributed by atoms with Gasteiger partial charge in [0, 0.05) is 11.6 Å². The number of amides is 1. The Hall–Kier alpha value is -3.08. The van der Waals surface area contributed by atoms with Gasteiger partial charge in [-0.3, -0.25) is 9.59 Å². The first-order chi connectivity index (χ1) is 15.5. The van der Waals surface area contributed by atoms with Gasteiger partial charge in [0.05, 0.1) is 20.1 Å². The van der Waals surface area contributed by atoms with Crippen LogP contribution in [-0.4, -0.2) is 32.1 Å². The Balaban J connectivity index is 1.61. The van der Waals surface area contributed by atoms with Crippen LogP contribution in [0.1, 0.15) is 60.0 Å². The fourth-order valence-electron chi connectivity index (χ4n) is 4.23. The van der Waals surface area contributed by atoms with E-state index in [1.54, 1.807) is 7.11 Å². The Morgan fingerprint density at radius 3 is 2.34 bits per heavy atom. The topological polar surface area (TPSA) is 64.6 Å². The summed E-state index contributed by atoms with van der Waals surface area (Å²) in [6.45, 7) is 2.19. The van der Waals surface area contributed by atoms with Crippen molar-refractivity contribution in [2.24, 2.45) is 5.92 Å². The molecule has 1 amide bonds.